The number of hydrogen-bond acceptors (Lipinski definition) is 3. The van der Waals surface area contributed by atoms with Gasteiger partial charge < -0.3 is 20.4 Å². The molecule has 3 aliphatic carbocycles. The monoisotopic (exact) mass is 603 g/mol. The van der Waals surface area contributed by atoms with Gasteiger partial charge in [-0.1, -0.05) is 66.4 Å². The summed E-state index contributed by atoms with van der Waals surface area (Å²) in [6, 6.07) is 12.0. The highest BCUT2D eigenvalue weighted by Crippen LogP contribution is 2.59. The number of fused-ring (bicyclic) bond motifs is 1. The average Bonchev–Trinajstić information content (AvgIpc) is 2.93. The van der Waals surface area contributed by atoms with Gasteiger partial charge in [-0.25, -0.2) is 9.59 Å². The summed E-state index contributed by atoms with van der Waals surface area (Å²) in [4.78, 5) is 32.3. The molecule has 10 heteroatoms. The van der Waals surface area contributed by atoms with E-state index >= 15 is 0 Å². The Bertz CT molecular complexity index is 1290. The Labute approximate surface area is 251 Å². The fourth-order valence-electron chi connectivity index (χ4n) is 6.11. The second-order valence-corrected chi connectivity index (χ2v) is 12.8. The smallest absolute Gasteiger partial charge is 0.322 e. The third-order valence-electron chi connectivity index (χ3n) is 8.84. The van der Waals surface area contributed by atoms with Crippen molar-refractivity contribution in [1.82, 2.24) is 14.7 Å². The number of rotatable bonds is 7. The third-order valence-corrected chi connectivity index (χ3v) is 9.81. The minimum Gasteiger partial charge on any atom is -0.322 e. The van der Waals surface area contributed by atoms with Crippen LogP contribution in [0.1, 0.15) is 26.7 Å². The van der Waals surface area contributed by atoms with E-state index < -0.39 is 0 Å². The average molecular weight is 605 g/mol. The van der Waals surface area contributed by atoms with E-state index in [4.69, 9.17) is 34.8 Å². The van der Waals surface area contributed by atoms with E-state index in [2.05, 4.69) is 35.5 Å². The molecule has 2 unspecified atom stereocenters. The molecule has 2 atom stereocenters. The summed E-state index contributed by atoms with van der Waals surface area (Å²) in [5.41, 5.74) is 2.97. The number of carbonyl (C=O) groups excluding carboxylic acids is 2. The van der Waals surface area contributed by atoms with E-state index in [-0.39, 0.29) is 12.1 Å². The lowest BCUT2D eigenvalue weighted by Gasteiger charge is -2.57. The SMILES string of the molecule is CC1(C)C2CC=C(CN(CCN3CCN(C(=O)Nc4ccc(Cl)c(Cl)c4)CC3)C(=O)Nc3cccc(Cl)c3)C1C2. The molecule has 2 bridgehead atoms. The predicted molar refractivity (Wildman–Crippen MR) is 164 cm³/mol. The molecule has 2 N–H and O–H groups in total. The van der Waals surface area contributed by atoms with Crippen molar-refractivity contribution in [3.05, 3.63) is 69.2 Å². The number of nitrogens with one attached hydrogen (secondary N) is 2. The number of benzene rings is 2. The number of carbonyl (C=O) groups is 2. The molecule has 2 aromatic carbocycles. The molecule has 6 rings (SSSR count). The fraction of sp³-hybridized carbons (Fsp3) is 0.467. The molecule has 0 aromatic heterocycles. The number of piperazine rings is 1. The van der Waals surface area contributed by atoms with Gasteiger partial charge in [-0.05, 0) is 66.5 Å². The van der Waals surface area contributed by atoms with Gasteiger partial charge in [0, 0.05) is 62.2 Å². The maximum atomic E-state index is 13.5. The van der Waals surface area contributed by atoms with E-state index in [1.807, 2.05) is 17.0 Å². The van der Waals surface area contributed by atoms with Gasteiger partial charge in [0.25, 0.3) is 0 Å². The van der Waals surface area contributed by atoms with Gasteiger partial charge in [0.2, 0.25) is 0 Å². The number of allylic oxidation sites excluding steroid dienone is 1. The molecule has 1 saturated heterocycles. The molecule has 0 spiro atoms. The van der Waals surface area contributed by atoms with Gasteiger partial charge in [-0.2, -0.15) is 0 Å². The Morgan fingerprint density at radius 3 is 2.40 bits per heavy atom. The van der Waals surface area contributed by atoms with Crippen molar-refractivity contribution in [3.8, 4) is 0 Å². The molecule has 2 fully saturated rings. The summed E-state index contributed by atoms with van der Waals surface area (Å²) < 4.78 is 0. The first-order chi connectivity index (χ1) is 19.1. The van der Waals surface area contributed by atoms with Crippen LogP contribution in [-0.4, -0.2) is 72.6 Å². The minimum absolute atomic E-state index is 0.123. The van der Waals surface area contributed by atoms with Gasteiger partial charge in [-0.15, -0.1) is 0 Å². The molecule has 40 heavy (non-hydrogen) atoms. The highest BCUT2D eigenvalue weighted by atomic mass is 35.5. The first kappa shape index (κ1) is 29.1. The number of amides is 4. The Kier molecular flexibility index (Phi) is 8.86. The summed E-state index contributed by atoms with van der Waals surface area (Å²) in [7, 11) is 0. The summed E-state index contributed by atoms with van der Waals surface area (Å²) >= 11 is 18.2. The highest BCUT2D eigenvalue weighted by Gasteiger charge is 2.51. The number of halogens is 3. The lowest BCUT2D eigenvalue weighted by atomic mass is 9.49. The number of nitrogens with zero attached hydrogens (tertiary/aromatic N) is 3. The number of hydrogen-bond donors (Lipinski definition) is 2. The second-order valence-electron chi connectivity index (χ2n) is 11.6. The Balaban J connectivity index is 1.17. The first-order valence-corrected chi connectivity index (χ1v) is 15.0. The van der Waals surface area contributed by atoms with Gasteiger partial charge in [-0.3, -0.25) is 4.90 Å². The summed E-state index contributed by atoms with van der Waals surface area (Å²) in [5, 5.41) is 7.37. The van der Waals surface area contributed by atoms with E-state index in [1.165, 1.54) is 12.0 Å². The van der Waals surface area contributed by atoms with Crippen LogP contribution < -0.4 is 10.6 Å². The summed E-state index contributed by atoms with van der Waals surface area (Å²) in [6.07, 6.45) is 4.67. The van der Waals surface area contributed by atoms with Gasteiger partial charge in [0.15, 0.2) is 0 Å². The van der Waals surface area contributed by atoms with E-state index in [0.717, 1.165) is 32.0 Å². The van der Waals surface area contributed by atoms with Crippen molar-refractivity contribution in [2.45, 2.75) is 26.7 Å². The third kappa shape index (κ3) is 6.54. The lowest BCUT2D eigenvalue weighted by molar-refractivity contribution is -0.00969. The summed E-state index contributed by atoms with van der Waals surface area (Å²) in [5.74, 6) is 1.28. The lowest BCUT2D eigenvalue weighted by Crippen LogP contribution is -2.53. The van der Waals surface area contributed by atoms with Gasteiger partial charge in [0.1, 0.15) is 0 Å². The predicted octanol–water partition coefficient (Wildman–Crippen LogP) is 7.32. The van der Waals surface area contributed by atoms with Crippen LogP contribution in [0.4, 0.5) is 21.0 Å². The van der Waals surface area contributed by atoms with Crippen molar-refractivity contribution < 1.29 is 9.59 Å². The van der Waals surface area contributed by atoms with Gasteiger partial charge >= 0.3 is 12.1 Å². The van der Waals surface area contributed by atoms with Crippen molar-refractivity contribution >= 4 is 58.2 Å². The van der Waals surface area contributed by atoms with Crippen LogP contribution in [0.2, 0.25) is 15.1 Å². The van der Waals surface area contributed by atoms with E-state index in [9.17, 15) is 9.59 Å². The number of urea groups is 2. The van der Waals surface area contributed by atoms with Crippen molar-refractivity contribution in [2.75, 3.05) is 56.4 Å². The van der Waals surface area contributed by atoms with Crippen LogP contribution in [0, 0.1) is 17.3 Å². The molecular weight excluding hydrogens is 569 g/mol. The zero-order valence-corrected chi connectivity index (χ0v) is 25.2. The van der Waals surface area contributed by atoms with E-state index in [1.54, 1.807) is 35.2 Å². The van der Waals surface area contributed by atoms with Crippen molar-refractivity contribution in [3.63, 3.8) is 0 Å². The fourth-order valence-corrected chi connectivity index (χ4v) is 6.60. The molecule has 1 aliphatic heterocycles. The van der Waals surface area contributed by atoms with Crippen LogP contribution in [0.5, 0.6) is 0 Å². The van der Waals surface area contributed by atoms with Crippen LogP contribution in [0.15, 0.2) is 54.1 Å². The first-order valence-electron chi connectivity index (χ1n) is 13.8. The Hall–Kier alpha value is -2.45. The normalized spacial score (nSPS) is 21.7. The molecule has 2 aromatic rings. The van der Waals surface area contributed by atoms with Crippen molar-refractivity contribution in [1.29, 1.82) is 0 Å². The topological polar surface area (TPSA) is 67.9 Å². The van der Waals surface area contributed by atoms with Crippen LogP contribution in [0.3, 0.4) is 0 Å². The molecule has 1 saturated carbocycles. The summed E-state index contributed by atoms with van der Waals surface area (Å²) in [6.45, 7) is 9.33. The number of anilines is 2. The highest BCUT2D eigenvalue weighted by molar-refractivity contribution is 6.42. The standard InChI is InChI=1S/C30H36Cl3N5O2/c1-30(2)21-7-6-20(25(30)16-21)19-38(29(40)34-23-5-3-4-22(31)17-23)15-12-36-10-13-37(14-11-36)28(39)35-24-8-9-26(32)27(33)18-24/h3-6,8-9,17-18,21,25H,7,10-16,19H2,1-2H3,(H,34,40)(H,35,39). The zero-order chi connectivity index (χ0) is 28.4. The molecule has 4 aliphatic rings. The second kappa shape index (κ2) is 12.2. The maximum Gasteiger partial charge on any atom is 0.322 e. The molecule has 4 amide bonds. The van der Waals surface area contributed by atoms with Crippen LogP contribution in [-0.2, 0) is 0 Å². The van der Waals surface area contributed by atoms with Crippen molar-refractivity contribution in [2.24, 2.45) is 17.3 Å². The Morgan fingerprint density at radius 2 is 1.73 bits per heavy atom. The maximum absolute atomic E-state index is 13.5. The zero-order valence-electron chi connectivity index (χ0n) is 22.9. The minimum atomic E-state index is -0.161. The molecular formula is C30H36Cl3N5O2. The molecule has 1 heterocycles. The van der Waals surface area contributed by atoms with E-state index in [0.29, 0.717) is 64.0 Å². The largest absolute Gasteiger partial charge is 0.322 e. The van der Waals surface area contributed by atoms with Crippen LogP contribution >= 0.6 is 34.8 Å². The van der Waals surface area contributed by atoms with Gasteiger partial charge in [0.05, 0.1) is 10.0 Å². The molecule has 7 nitrogen and oxygen atoms in total. The molecule has 214 valence electrons. The Morgan fingerprint density at radius 1 is 0.975 bits per heavy atom. The van der Waals surface area contributed by atoms with Crippen LogP contribution in [0.25, 0.3) is 0 Å². The quantitative estimate of drug-likeness (QED) is 0.325. The molecule has 0 radical (unpaired) electrons.